The van der Waals surface area contributed by atoms with Gasteiger partial charge in [0.1, 0.15) is 5.78 Å². The molecule has 3 atom stereocenters. The predicted octanol–water partition coefficient (Wildman–Crippen LogP) is 2.04. The van der Waals surface area contributed by atoms with Crippen LogP contribution in [0.25, 0.3) is 0 Å². The maximum atomic E-state index is 11.9. The largest absolute Gasteiger partial charge is 0.481 e. The summed E-state index contributed by atoms with van der Waals surface area (Å²) in [6.07, 6.45) is 4.50. The Morgan fingerprint density at radius 1 is 1.42 bits per heavy atom. The Labute approximate surface area is 113 Å². The summed E-state index contributed by atoms with van der Waals surface area (Å²) < 4.78 is 4.56. The standard InChI is InChI=1S/C14H22O5/c1-3-4-5-6-9-10(7-8-11(9)15)12(13(16)17)14(18)19-2/h9-10,12H,3-8H2,1-2H3,(H,16,17). The van der Waals surface area contributed by atoms with Crippen molar-refractivity contribution < 1.29 is 24.2 Å². The van der Waals surface area contributed by atoms with Gasteiger partial charge in [-0.1, -0.05) is 26.2 Å². The summed E-state index contributed by atoms with van der Waals surface area (Å²) in [6.45, 7) is 2.07. The van der Waals surface area contributed by atoms with Crippen LogP contribution in [0.1, 0.15) is 45.4 Å². The van der Waals surface area contributed by atoms with Crippen molar-refractivity contribution in [3.63, 3.8) is 0 Å². The molecule has 19 heavy (non-hydrogen) atoms. The van der Waals surface area contributed by atoms with Crippen LogP contribution in [-0.2, 0) is 19.1 Å². The molecule has 0 radical (unpaired) electrons. The van der Waals surface area contributed by atoms with Crippen molar-refractivity contribution in [1.82, 2.24) is 0 Å². The van der Waals surface area contributed by atoms with Crippen LogP contribution in [0.15, 0.2) is 0 Å². The molecule has 108 valence electrons. The molecule has 0 spiro atoms. The summed E-state index contributed by atoms with van der Waals surface area (Å²) in [4.78, 5) is 34.7. The first-order chi connectivity index (χ1) is 9.02. The number of methoxy groups -OCH3 is 1. The summed E-state index contributed by atoms with van der Waals surface area (Å²) >= 11 is 0. The number of hydrogen-bond acceptors (Lipinski definition) is 4. The molecule has 1 N–H and O–H groups in total. The molecule has 0 amide bonds. The first-order valence-electron chi connectivity index (χ1n) is 6.86. The van der Waals surface area contributed by atoms with Gasteiger partial charge in [0.2, 0.25) is 0 Å². The summed E-state index contributed by atoms with van der Waals surface area (Å²) in [6, 6.07) is 0. The van der Waals surface area contributed by atoms with E-state index in [0.717, 1.165) is 19.3 Å². The molecule has 5 heteroatoms. The molecule has 3 unspecified atom stereocenters. The van der Waals surface area contributed by atoms with Crippen LogP contribution in [0.4, 0.5) is 0 Å². The minimum Gasteiger partial charge on any atom is -0.481 e. The van der Waals surface area contributed by atoms with Gasteiger partial charge < -0.3 is 9.84 Å². The van der Waals surface area contributed by atoms with E-state index in [1.807, 2.05) is 0 Å². The van der Waals surface area contributed by atoms with Crippen LogP contribution in [0, 0.1) is 17.8 Å². The first-order valence-corrected chi connectivity index (χ1v) is 6.86. The Morgan fingerprint density at radius 3 is 2.63 bits per heavy atom. The van der Waals surface area contributed by atoms with Gasteiger partial charge in [-0.15, -0.1) is 0 Å². The number of unbranched alkanes of at least 4 members (excludes halogenated alkanes) is 2. The van der Waals surface area contributed by atoms with Gasteiger partial charge in [0.15, 0.2) is 5.92 Å². The highest BCUT2D eigenvalue weighted by molar-refractivity contribution is 5.96. The number of aliphatic carboxylic acids is 1. The second-order valence-corrected chi connectivity index (χ2v) is 5.11. The quantitative estimate of drug-likeness (QED) is 0.435. The van der Waals surface area contributed by atoms with E-state index in [-0.39, 0.29) is 11.7 Å². The zero-order valence-corrected chi connectivity index (χ0v) is 11.6. The highest BCUT2D eigenvalue weighted by atomic mass is 16.5. The molecule has 5 nitrogen and oxygen atoms in total. The fourth-order valence-corrected chi connectivity index (χ4v) is 2.91. The van der Waals surface area contributed by atoms with Crippen molar-refractivity contribution >= 4 is 17.7 Å². The van der Waals surface area contributed by atoms with E-state index in [9.17, 15) is 19.5 Å². The molecule has 0 aromatic carbocycles. The Morgan fingerprint density at radius 2 is 2.11 bits per heavy atom. The van der Waals surface area contributed by atoms with E-state index in [1.54, 1.807) is 0 Å². The van der Waals surface area contributed by atoms with Crippen molar-refractivity contribution in [2.24, 2.45) is 17.8 Å². The van der Waals surface area contributed by atoms with Gasteiger partial charge in [-0.05, 0) is 18.8 Å². The van der Waals surface area contributed by atoms with Gasteiger partial charge >= 0.3 is 11.9 Å². The van der Waals surface area contributed by atoms with Gasteiger partial charge in [0, 0.05) is 12.3 Å². The summed E-state index contributed by atoms with van der Waals surface area (Å²) in [7, 11) is 1.18. The van der Waals surface area contributed by atoms with Gasteiger partial charge in [-0.2, -0.15) is 0 Å². The molecule has 0 heterocycles. The highest BCUT2D eigenvalue weighted by Gasteiger charge is 2.45. The van der Waals surface area contributed by atoms with Gasteiger partial charge in [-0.3, -0.25) is 14.4 Å². The molecule has 0 bridgehead atoms. The second-order valence-electron chi connectivity index (χ2n) is 5.11. The van der Waals surface area contributed by atoms with Crippen LogP contribution in [0.5, 0.6) is 0 Å². The molecule has 1 aliphatic carbocycles. The Bertz CT molecular complexity index is 350. The zero-order chi connectivity index (χ0) is 14.4. The Balaban J connectivity index is 2.79. The van der Waals surface area contributed by atoms with E-state index in [1.165, 1.54) is 7.11 Å². The van der Waals surface area contributed by atoms with Crippen LogP contribution >= 0.6 is 0 Å². The van der Waals surface area contributed by atoms with Crippen molar-refractivity contribution in [2.45, 2.75) is 45.4 Å². The number of carboxylic acids is 1. The number of rotatable bonds is 7. The number of ketones is 1. The van der Waals surface area contributed by atoms with Crippen molar-refractivity contribution in [1.29, 1.82) is 0 Å². The SMILES string of the molecule is CCCCCC1C(=O)CCC1C(C(=O)O)C(=O)OC. The van der Waals surface area contributed by atoms with Crippen LogP contribution in [-0.4, -0.2) is 29.9 Å². The normalized spacial score (nSPS) is 24.2. The number of esters is 1. The summed E-state index contributed by atoms with van der Waals surface area (Å²) in [5.74, 6) is -3.75. The van der Waals surface area contributed by atoms with E-state index in [4.69, 9.17) is 0 Å². The lowest BCUT2D eigenvalue weighted by atomic mass is 9.81. The monoisotopic (exact) mass is 270 g/mol. The maximum absolute atomic E-state index is 11.9. The third-order valence-electron chi connectivity index (χ3n) is 3.92. The molecule has 1 fully saturated rings. The summed E-state index contributed by atoms with van der Waals surface area (Å²) in [5, 5.41) is 9.20. The molecule has 1 aliphatic rings. The third-order valence-corrected chi connectivity index (χ3v) is 3.92. The highest BCUT2D eigenvalue weighted by Crippen LogP contribution is 2.38. The predicted molar refractivity (Wildman–Crippen MR) is 68.5 cm³/mol. The average molecular weight is 270 g/mol. The molecule has 0 saturated heterocycles. The lowest BCUT2D eigenvalue weighted by Gasteiger charge is -2.22. The van der Waals surface area contributed by atoms with Gasteiger partial charge in [0.25, 0.3) is 0 Å². The Kier molecular flexibility index (Phi) is 5.99. The molecule has 1 saturated carbocycles. The molecular weight excluding hydrogens is 248 g/mol. The van der Waals surface area contributed by atoms with Gasteiger partial charge in [0.05, 0.1) is 7.11 Å². The molecular formula is C14H22O5. The minimum absolute atomic E-state index is 0.0938. The molecule has 0 aliphatic heterocycles. The van der Waals surface area contributed by atoms with Crippen molar-refractivity contribution in [2.75, 3.05) is 7.11 Å². The van der Waals surface area contributed by atoms with E-state index in [0.29, 0.717) is 19.3 Å². The number of carbonyl (C=O) groups is 3. The topological polar surface area (TPSA) is 80.7 Å². The summed E-state index contributed by atoms with van der Waals surface area (Å²) in [5.41, 5.74) is 0. The van der Waals surface area contributed by atoms with E-state index < -0.39 is 23.8 Å². The molecule has 0 aromatic heterocycles. The van der Waals surface area contributed by atoms with Gasteiger partial charge in [-0.25, -0.2) is 0 Å². The minimum atomic E-state index is -1.21. The Hall–Kier alpha value is -1.39. The number of carbonyl (C=O) groups excluding carboxylic acids is 2. The fraction of sp³-hybridized carbons (Fsp3) is 0.786. The van der Waals surface area contributed by atoms with Crippen molar-refractivity contribution in [3.05, 3.63) is 0 Å². The smallest absolute Gasteiger partial charge is 0.320 e. The third kappa shape index (κ3) is 3.78. The van der Waals surface area contributed by atoms with Crippen LogP contribution < -0.4 is 0 Å². The van der Waals surface area contributed by atoms with E-state index >= 15 is 0 Å². The molecule has 1 rings (SSSR count). The lowest BCUT2D eigenvalue weighted by molar-refractivity contribution is -0.160. The fourth-order valence-electron chi connectivity index (χ4n) is 2.91. The van der Waals surface area contributed by atoms with Crippen molar-refractivity contribution in [3.8, 4) is 0 Å². The zero-order valence-electron chi connectivity index (χ0n) is 11.6. The average Bonchev–Trinajstić information content (AvgIpc) is 2.71. The lowest BCUT2D eigenvalue weighted by Crippen LogP contribution is -2.35. The maximum Gasteiger partial charge on any atom is 0.320 e. The number of hydrogen-bond donors (Lipinski definition) is 1. The number of ether oxygens (including phenoxy) is 1. The van der Waals surface area contributed by atoms with Crippen LogP contribution in [0.3, 0.4) is 0 Å². The second kappa shape index (κ2) is 7.26. The number of carboxylic acid groups (broad SMARTS) is 1. The molecule has 0 aromatic rings. The number of Topliss-reactive ketones (excluding diaryl/α,β-unsaturated/α-hetero) is 1. The first kappa shape index (κ1) is 15.7. The van der Waals surface area contributed by atoms with E-state index in [2.05, 4.69) is 11.7 Å². The van der Waals surface area contributed by atoms with Crippen LogP contribution in [0.2, 0.25) is 0 Å².